The number of hydrogen-bond acceptors (Lipinski definition) is 3. The van der Waals surface area contributed by atoms with Gasteiger partial charge in [0.15, 0.2) is 0 Å². The minimum atomic E-state index is -0.000523. The van der Waals surface area contributed by atoms with Gasteiger partial charge in [-0.25, -0.2) is 4.98 Å². The number of aryl methyl sites for hydroxylation is 1. The van der Waals surface area contributed by atoms with E-state index in [1.807, 2.05) is 12.3 Å². The Morgan fingerprint density at radius 1 is 0.478 bits per heavy atom. The summed E-state index contributed by atoms with van der Waals surface area (Å²) >= 11 is 0. The summed E-state index contributed by atoms with van der Waals surface area (Å²) in [6.45, 7) is 17.7. The SMILES string of the molecule is Cc1cc(-n2c(-c3cc(C(C)C)cc(C(C)C)c3O)nc3c(-c4cc(-c5ccccc5)cc(-c5cc(-c6ccccc6)ccn5)c4)cccc32)c(-c2ccc(C(C)(C)C)cc2)cc1-c1ccccc1. The van der Waals surface area contributed by atoms with Crippen LogP contribution in [0, 0.1) is 6.92 Å². The average Bonchev–Trinajstić information content (AvgIpc) is 3.76. The number of hydrogen-bond donors (Lipinski definition) is 1. The third-order valence-electron chi connectivity index (χ3n) is 13.6. The number of benzene rings is 8. The van der Waals surface area contributed by atoms with Crippen LogP contribution in [0.2, 0.25) is 0 Å². The van der Waals surface area contributed by atoms with E-state index >= 15 is 0 Å². The van der Waals surface area contributed by atoms with Gasteiger partial charge in [-0.15, -0.1) is 0 Å². The molecule has 2 heterocycles. The molecule has 69 heavy (non-hydrogen) atoms. The Morgan fingerprint density at radius 2 is 1.09 bits per heavy atom. The standard InChI is InChI=1S/C65H59N3O/c1-41(2)49-37-55(42(3)4)63(69)58(38-49)64-67-62-54(51-34-50(45-21-14-10-15-22-45)35-52(36-51)59-39-48(31-32-66-59)44-19-12-9-13-20-44)25-18-26-60(62)68(64)61-33-43(5)56(46-23-16-11-17-24-46)40-57(61)47-27-29-53(30-28-47)65(6,7)8/h9-42,69H,1-8H3. The second-order valence-corrected chi connectivity index (χ2v) is 20.1. The molecule has 2 aromatic heterocycles. The Morgan fingerprint density at radius 3 is 1.72 bits per heavy atom. The van der Waals surface area contributed by atoms with Crippen LogP contribution in [-0.4, -0.2) is 19.6 Å². The lowest BCUT2D eigenvalue weighted by molar-refractivity contribution is 0.466. The van der Waals surface area contributed by atoms with Crippen molar-refractivity contribution >= 4 is 11.0 Å². The van der Waals surface area contributed by atoms with Crippen LogP contribution in [0.3, 0.4) is 0 Å². The topological polar surface area (TPSA) is 50.9 Å². The largest absolute Gasteiger partial charge is 0.507 e. The maximum absolute atomic E-state index is 12.5. The lowest BCUT2D eigenvalue weighted by atomic mass is 9.85. The number of imidazole rings is 1. The van der Waals surface area contributed by atoms with Gasteiger partial charge in [-0.2, -0.15) is 0 Å². The molecule has 10 rings (SSSR count). The predicted molar refractivity (Wildman–Crippen MR) is 290 cm³/mol. The summed E-state index contributed by atoms with van der Waals surface area (Å²) in [4.78, 5) is 10.7. The number of phenols is 1. The van der Waals surface area contributed by atoms with Gasteiger partial charge in [0.2, 0.25) is 0 Å². The number of para-hydroxylation sites is 1. The Hall–Kier alpha value is -7.82. The first-order valence-corrected chi connectivity index (χ1v) is 24.2. The molecule has 0 saturated carbocycles. The second kappa shape index (κ2) is 18.3. The summed E-state index contributed by atoms with van der Waals surface area (Å²) in [7, 11) is 0. The Balaban J connectivity index is 1.28. The highest BCUT2D eigenvalue weighted by atomic mass is 16.3. The van der Waals surface area contributed by atoms with E-state index in [9.17, 15) is 5.11 Å². The van der Waals surface area contributed by atoms with Crippen LogP contribution in [0.15, 0.2) is 194 Å². The quantitative estimate of drug-likeness (QED) is 0.149. The number of pyridine rings is 1. The number of aromatic hydroxyl groups is 1. The van der Waals surface area contributed by atoms with Gasteiger partial charge in [0.25, 0.3) is 0 Å². The van der Waals surface area contributed by atoms with Gasteiger partial charge in [-0.1, -0.05) is 182 Å². The number of rotatable bonds is 10. The molecule has 0 saturated heterocycles. The number of aromatic nitrogens is 3. The highest BCUT2D eigenvalue weighted by Gasteiger charge is 2.26. The molecule has 0 aliphatic heterocycles. The molecule has 8 aromatic carbocycles. The fourth-order valence-corrected chi connectivity index (χ4v) is 9.69. The van der Waals surface area contributed by atoms with E-state index in [-0.39, 0.29) is 23.0 Å². The van der Waals surface area contributed by atoms with E-state index in [2.05, 4.69) is 242 Å². The van der Waals surface area contributed by atoms with Crippen LogP contribution < -0.4 is 0 Å². The fraction of sp³-hybridized carbons (Fsp3) is 0.169. The van der Waals surface area contributed by atoms with Crippen LogP contribution in [0.25, 0.3) is 95.0 Å². The van der Waals surface area contributed by atoms with E-state index in [0.717, 1.165) is 94.7 Å². The van der Waals surface area contributed by atoms with E-state index < -0.39 is 0 Å². The van der Waals surface area contributed by atoms with Crippen molar-refractivity contribution in [1.29, 1.82) is 0 Å². The Labute approximate surface area is 407 Å². The summed E-state index contributed by atoms with van der Waals surface area (Å²) < 4.78 is 2.31. The number of phenolic OH excluding ortho intramolecular Hbond substituents is 1. The summed E-state index contributed by atoms with van der Waals surface area (Å²) in [6.07, 6.45) is 1.91. The third kappa shape index (κ3) is 8.80. The second-order valence-electron chi connectivity index (χ2n) is 20.1. The van der Waals surface area contributed by atoms with E-state index in [0.29, 0.717) is 11.4 Å². The molecule has 0 spiro atoms. The fourth-order valence-electron chi connectivity index (χ4n) is 9.69. The molecule has 4 heteroatoms. The molecule has 4 nitrogen and oxygen atoms in total. The van der Waals surface area contributed by atoms with Gasteiger partial charge < -0.3 is 5.11 Å². The third-order valence-corrected chi connectivity index (χ3v) is 13.6. The van der Waals surface area contributed by atoms with Crippen molar-refractivity contribution < 1.29 is 5.11 Å². The van der Waals surface area contributed by atoms with Gasteiger partial charge in [0, 0.05) is 22.9 Å². The molecule has 0 fully saturated rings. The Bertz CT molecular complexity index is 3470. The monoisotopic (exact) mass is 897 g/mol. The molecule has 1 N–H and O–H groups in total. The van der Waals surface area contributed by atoms with Crippen molar-refractivity contribution in [3.8, 4) is 89.7 Å². The molecule has 0 bridgehead atoms. The zero-order chi connectivity index (χ0) is 48.0. The smallest absolute Gasteiger partial charge is 0.149 e. The summed E-state index contributed by atoms with van der Waals surface area (Å²) in [5.74, 6) is 1.27. The molecule has 0 amide bonds. The minimum Gasteiger partial charge on any atom is -0.507 e. The maximum Gasteiger partial charge on any atom is 0.149 e. The number of nitrogens with zero attached hydrogens (tertiary/aromatic N) is 3. The van der Waals surface area contributed by atoms with Crippen LogP contribution in [-0.2, 0) is 5.41 Å². The first-order chi connectivity index (χ1) is 33.3. The first kappa shape index (κ1) is 45.0. The van der Waals surface area contributed by atoms with Crippen molar-refractivity contribution in [1.82, 2.24) is 14.5 Å². The Kier molecular flexibility index (Phi) is 12.0. The van der Waals surface area contributed by atoms with E-state index in [4.69, 9.17) is 9.97 Å². The lowest BCUT2D eigenvalue weighted by Crippen LogP contribution is -2.10. The molecule has 0 aliphatic carbocycles. The molecule has 0 unspecified atom stereocenters. The number of fused-ring (bicyclic) bond motifs is 1. The maximum atomic E-state index is 12.5. The molecule has 0 aliphatic rings. The van der Waals surface area contributed by atoms with Gasteiger partial charge in [-0.3, -0.25) is 9.55 Å². The molecule has 10 aromatic rings. The van der Waals surface area contributed by atoms with Crippen LogP contribution in [0.4, 0.5) is 0 Å². The minimum absolute atomic E-state index is 0.000523. The zero-order valence-corrected chi connectivity index (χ0v) is 40.9. The average molecular weight is 898 g/mol. The van der Waals surface area contributed by atoms with Gasteiger partial charge >= 0.3 is 0 Å². The van der Waals surface area contributed by atoms with Crippen molar-refractivity contribution in [3.05, 3.63) is 217 Å². The molecular weight excluding hydrogens is 839 g/mol. The summed E-state index contributed by atoms with van der Waals surface area (Å²) in [6, 6.07) is 67.3. The van der Waals surface area contributed by atoms with Gasteiger partial charge in [0.1, 0.15) is 11.6 Å². The van der Waals surface area contributed by atoms with Gasteiger partial charge in [-0.05, 0) is 146 Å². The van der Waals surface area contributed by atoms with Crippen molar-refractivity contribution in [2.45, 2.75) is 72.6 Å². The summed E-state index contributed by atoms with van der Waals surface area (Å²) in [5.41, 5.74) is 20.9. The predicted octanol–water partition coefficient (Wildman–Crippen LogP) is 17.6. The van der Waals surface area contributed by atoms with Crippen molar-refractivity contribution in [2.24, 2.45) is 0 Å². The van der Waals surface area contributed by atoms with Crippen LogP contribution >= 0.6 is 0 Å². The summed E-state index contributed by atoms with van der Waals surface area (Å²) in [5, 5.41) is 12.5. The molecule has 0 radical (unpaired) electrons. The molecular formula is C65H59N3O. The van der Waals surface area contributed by atoms with E-state index in [1.54, 1.807) is 0 Å². The van der Waals surface area contributed by atoms with Crippen molar-refractivity contribution in [3.63, 3.8) is 0 Å². The van der Waals surface area contributed by atoms with Crippen molar-refractivity contribution in [2.75, 3.05) is 0 Å². The first-order valence-electron chi connectivity index (χ1n) is 24.2. The van der Waals surface area contributed by atoms with Crippen LogP contribution in [0.1, 0.15) is 82.6 Å². The highest BCUT2D eigenvalue weighted by molar-refractivity contribution is 5.99. The molecule has 0 atom stereocenters. The van der Waals surface area contributed by atoms with Gasteiger partial charge in [0.05, 0.1) is 28.0 Å². The van der Waals surface area contributed by atoms with E-state index in [1.165, 1.54) is 11.1 Å². The normalized spacial score (nSPS) is 11.8. The zero-order valence-electron chi connectivity index (χ0n) is 40.9. The lowest BCUT2D eigenvalue weighted by Gasteiger charge is -2.22. The highest BCUT2D eigenvalue weighted by Crippen LogP contribution is 2.46. The van der Waals surface area contributed by atoms with Crippen LogP contribution in [0.5, 0.6) is 5.75 Å². The molecule has 340 valence electrons.